The summed E-state index contributed by atoms with van der Waals surface area (Å²) in [5.41, 5.74) is 0.388. The number of carbonyl (C=O) groups excluding carboxylic acids is 1. The number of ketones is 1. The molecule has 26 heavy (non-hydrogen) atoms. The van der Waals surface area contributed by atoms with Crippen LogP contribution in [0, 0.1) is 0 Å². The van der Waals surface area contributed by atoms with Gasteiger partial charge in [0, 0.05) is 17.0 Å². The zero-order valence-electron chi connectivity index (χ0n) is 14.7. The number of hydrogen-bond donors (Lipinski definition) is 1. The van der Waals surface area contributed by atoms with Crippen LogP contribution in [0.25, 0.3) is 0 Å². The molecule has 1 unspecified atom stereocenters. The summed E-state index contributed by atoms with van der Waals surface area (Å²) in [5.74, 6) is -1.66. The van der Waals surface area contributed by atoms with E-state index in [9.17, 15) is 19.2 Å². The van der Waals surface area contributed by atoms with Crippen LogP contribution < -0.4 is 4.74 Å². The highest BCUT2D eigenvalue weighted by molar-refractivity contribution is 7.90. The first-order valence-corrected chi connectivity index (χ1v) is 9.68. The fourth-order valence-electron chi connectivity index (χ4n) is 3.22. The fourth-order valence-corrected chi connectivity index (χ4v) is 4.08. The molecular formula is C18H19NO6S. The maximum Gasteiger partial charge on any atom is 0.358 e. The van der Waals surface area contributed by atoms with E-state index in [-0.39, 0.29) is 22.3 Å². The highest BCUT2D eigenvalue weighted by atomic mass is 32.2. The molecule has 1 atom stereocenters. The molecule has 0 bridgehead atoms. The van der Waals surface area contributed by atoms with Gasteiger partial charge < -0.3 is 18.9 Å². The summed E-state index contributed by atoms with van der Waals surface area (Å²) < 4.78 is 22.2. The van der Waals surface area contributed by atoms with Crippen molar-refractivity contribution in [3.8, 4) is 5.75 Å². The van der Waals surface area contributed by atoms with Crippen LogP contribution in [-0.2, 0) is 16.6 Å². The zero-order chi connectivity index (χ0) is 19.1. The molecule has 1 saturated carbocycles. The summed E-state index contributed by atoms with van der Waals surface area (Å²) in [4.78, 5) is 24.9. The second kappa shape index (κ2) is 6.77. The fraction of sp³-hybridized carbons (Fsp3) is 0.389. The van der Waals surface area contributed by atoms with Gasteiger partial charge in [-0.2, -0.15) is 0 Å². The van der Waals surface area contributed by atoms with Gasteiger partial charge in [-0.15, -0.1) is 0 Å². The lowest BCUT2D eigenvalue weighted by molar-refractivity contribution is 0.0682. The number of carboxylic acid groups (broad SMARTS) is 1. The molecule has 1 N–H and O–H groups in total. The molecule has 1 aromatic carbocycles. The Hall–Kier alpha value is -2.32. The SMILES string of the molecule is CCC1(c2cc(C(=O)c3conc3C(=O)O)c(OC)cc2[S+](C)[O-])CC1. The van der Waals surface area contributed by atoms with E-state index in [1.807, 2.05) is 0 Å². The van der Waals surface area contributed by atoms with Crippen molar-refractivity contribution in [3.05, 3.63) is 40.8 Å². The normalized spacial score (nSPS) is 16.2. The summed E-state index contributed by atoms with van der Waals surface area (Å²) in [5, 5.41) is 12.6. The van der Waals surface area contributed by atoms with Gasteiger partial charge in [0.05, 0.1) is 18.2 Å². The average molecular weight is 377 g/mol. The number of rotatable bonds is 7. The van der Waals surface area contributed by atoms with Gasteiger partial charge >= 0.3 is 5.97 Å². The number of aromatic carboxylic acids is 1. The van der Waals surface area contributed by atoms with Gasteiger partial charge in [0.15, 0.2) is 4.90 Å². The van der Waals surface area contributed by atoms with Crippen LogP contribution in [0.3, 0.4) is 0 Å². The van der Waals surface area contributed by atoms with Crippen molar-refractivity contribution in [2.75, 3.05) is 13.4 Å². The Kier molecular flexibility index (Phi) is 4.81. The third-order valence-corrected chi connectivity index (χ3v) is 5.93. The van der Waals surface area contributed by atoms with Gasteiger partial charge in [0.2, 0.25) is 11.5 Å². The van der Waals surface area contributed by atoms with Crippen molar-refractivity contribution < 1.29 is 28.5 Å². The molecule has 1 aliphatic rings. The molecule has 138 valence electrons. The van der Waals surface area contributed by atoms with Gasteiger partial charge in [-0.3, -0.25) is 4.79 Å². The summed E-state index contributed by atoms with van der Waals surface area (Å²) >= 11 is -1.25. The number of aromatic nitrogens is 1. The molecular weight excluding hydrogens is 358 g/mol. The Morgan fingerprint density at radius 3 is 2.58 bits per heavy atom. The monoisotopic (exact) mass is 377 g/mol. The lowest BCUT2D eigenvalue weighted by Crippen LogP contribution is -2.16. The Bertz CT molecular complexity index is 869. The molecule has 1 heterocycles. The second-order valence-electron chi connectivity index (χ2n) is 6.35. The number of nitrogens with zero attached hydrogens (tertiary/aromatic N) is 1. The van der Waals surface area contributed by atoms with E-state index in [2.05, 4.69) is 16.6 Å². The molecule has 1 aromatic heterocycles. The van der Waals surface area contributed by atoms with Crippen LogP contribution in [0.1, 0.15) is 58.2 Å². The smallest absolute Gasteiger partial charge is 0.358 e. The number of carboxylic acids is 1. The van der Waals surface area contributed by atoms with E-state index >= 15 is 0 Å². The van der Waals surface area contributed by atoms with Crippen molar-refractivity contribution in [2.24, 2.45) is 0 Å². The van der Waals surface area contributed by atoms with Gasteiger partial charge in [0.25, 0.3) is 0 Å². The summed E-state index contributed by atoms with van der Waals surface area (Å²) in [6, 6.07) is 3.30. The molecule has 7 nitrogen and oxygen atoms in total. The van der Waals surface area contributed by atoms with Crippen molar-refractivity contribution in [2.45, 2.75) is 36.5 Å². The third kappa shape index (κ3) is 2.99. The van der Waals surface area contributed by atoms with Crippen molar-refractivity contribution >= 4 is 22.9 Å². The largest absolute Gasteiger partial charge is 0.612 e. The molecule has 0 spiro atoms. The van der Waals surface area contributed by atoms with Crippen molar-refractivity contribution in [1.29, 1.82) is 0 Å². The first-order chi connectivity index (χ1) is 12.3. The van der Waals surface area contributed by atoms with Crippen LogP contribution >= 0.6 is 0 Å². The highest BCUT2D eigenvalue weighted by Gasteiger charge is 2.46. The quantitative estimate of drug-likeness (QED) is 0.583. The molecule has 0 amide bonds. The molecule has 0 saturated heterocycles. The van der Waals surface area contributed by atoms with Crippen LogP contribution in [0.2, 0.25) is 0 Å². The summed E-state index contributed by atoms with van der Waals surface area (Å²) in [6.45, 7) is 2.06. The minimum absolute atomic E-state index is 0.0907. The van der Waals surface area contributed by atoms with Gasteiger partial charge in [-0.1, -0.05) is 12.1 Å². The number of hydrogen-bond acceptors (Lipinski definition) is 6. The lowest BCUT2D eigenvalue weighted by Gasteiger charge is -2.20. The minimum atomic E-state index is -1.35. The van der Waals surface area contributed by atoms with Gasteiger partial charge in [0.1, 0.15) is 18.3 Å². The minimum Gasteiger partial charge on any atom is -0.612 e. The Morgan fingerprint density at radius 1 is 1.38 bits per heavy atom. The second-order valence-corrected chi connectivity index (χ2v) is 7.70. The standard InChI is InChI=1S/C18H19NO6S/c1-4-18(5-6-18)12-7-10(13(24-2)8-14(12)26(3)23)16(20)11-9-25-19-15(11)17(21)22/h7-9H,4-6H2,1-3H3,(H,21,22). The molecule has 0 aliphatic heterocycles. The first-order valence-electron chi connectivity index (χ1n) is 8.13. The average Bonchev–Trinajstić information content (AvgIpc) is 3.26. The molecule has 1 fully saturated rings. The van der Waals surface area contributed by atoms with Crippen LogP contribution in [0.15, 0.2) is 27.8 Å². The maximum absolute atomic E-state index is 13.0. The van der Waals surface area contributed by atoms with Crippen molar-refractivity contribution in [3.63, 3.8) is 0 Å². The van der Waals surface area contributed by atoms with E-state index in [1.165, 1.54) is 7.11 Å². The molecule has 1 aliphatic carbocycles. The highest BCUT2D eigenvalue weighted by Crippen LogP contribution is 2.53. The summed E-state index contributed by atoms with van der Waals surface area (Å²) in [7, 11) is 1.41. The van der Waals surface area contributed by atoms with E-state index in [4.69, 9.17) is 4.74 Å². The lowest BCUT2D eigenvalue weighted by atomic mass is 9.90. The first kappa shape index (κ1) is 18.5. The molecule has 2 aromatic rings. The predicted octanol–water partition coefficient (Wildman–Crippen LogP) is 2.79. The van der Waals surface area contributed by atoms with Crippen LogP contribution in [0.5, 0.6) is 5.75 Å². The third-order valence-electron chi connectivity index (χ3n) is 4.97. The Labute approximate surface area is 153 Å². The Morgan fingerprint density at radius 2 is 2.08 bits per heavy atom. The van der Waals surface area contributed by atoms with E-state index in [0.717, 1.165) is 31.1 Å². The van der Waals surface area contributed by atoms with E-state index in [1.54, 1.807) is 18.4 Å². The predicted molar refractivity (Wildman–Crippen MR) is 93.4 cm³/mol. The van der Waals surface area contributed by atoms with E-state index in [0.29, 0.717) is 4.90 Å². The molecule has 8 heteroatoms. The molecule has 0 radical (unpaired) electrons. The van der Waals surface area contributed by atoms with Gasteiger partial charge in [-0.25, -0.2) is 4.79 Å². The summed E-state index contributed by atoms with van der Waals surface area (Å²) in [6.07, 6.45) is 5.39. The van der Waals surface area contributed by atoms with E-state index < -0.39 is 28.6 Å². The zero-order valence-corrected chi connectivity index (χ0v) is 15.5. The Balaban J connectivity index is 2.17. The van der Waals surface area contributed by atoms with Crippen molar-refractivity contribution in [1.82, 2.24) is 5.16 Å². The van der Waals surface area contributed by atoms with Crippen LogP contribution in [0.4, 0.5) is 0 Å². The topological polar surface area (TPSA) is 113 Å². The number of methoxy groups -OCH3 is 1. The van der Waals surface area contributed by atoms with Gasteiger partial charge in [-0.05, 0) is 36.5 Å². The number of carbonyl (C=O) groups is 2. The maximum atomic E-state index is 13.0. The molecule has 3 rings (SSSR count). The van der Waals surface area contributed by atoms with Crippen LogP contribution in [-0.4, -0.2) is 39.9 Å². The number of benzene rings is 1. The number of ether oxygens (including phenoxy) is 1.